The van der Waals surface area contributed by atoms with E-state index in [1.807, 2.05) is 0 Å². The molecular formula is C14H19FN2O2. The Morgan fingerprint density at radius 3 is 3.26 bits per heavy atom. The zero-order valence-corrected chi connectivity index (χ0v) is 11.1. The van der Waals surface area contributed by atoms with E-state index in [-0.39, 0.29) is 11.9 Å². The lowest BCUT2D eigenvalue weighted by Crippen LogP contribution is -2.52. The molecule has 4 nitrogen and oxygen atoms in total. The van der Waals surface area contributed by atoms with E-state index in [0.29, 0.717) is 12.6 Å². The molecule has 1 aromatic carbocycles. The fourth-order valence-corrected chi connectivity index (χ4v) is 2.92. The molecule has 0 unspecified atom stereocenters. The molecule has 2 aliphatic rings. The van der Waals surface area contributed by atoms with E-state index in [2.05, 4.69) is 10.2 Å². The van der Waals surface area contributed by atoms with Gasteiger partial charge in [-0.25, -0.2) is 4.39 Å². The minimum absolute atomic E-state index is 0.0177. The van der Waals surface area contributed by atoms with Crippen molar-refractivity contribution in [2.24, 2.45) is 0 Å². The number of hydrogen-bond donors (Lipinski definition) is 1. The van der Waals surface area contributed by atoms with Crippen molar-refractivity contribution in [3.8, 4) is 5.75 Å². The molecule has 0 aromatic heterocycles. The largest absolute Gasteiger partial charge is 0.486 e. The molecule has 1 aromatic rings. The molecule has 1 N–H and O–H groups in total. The Labute approximate surface area is 112 Å². The molecule has 1 saturated heterocycles. The van der Waals surface area contributed by atoms with Gasteiger partial charge in [-0.15, -0.1) is 0 Å². The molecule has 2 aliphatic heterocycles. The van der Waals surface area contributed by atoms with Crippen LogP contribution in [-0.2, 0) is 4.74 Å². The predicted molar refractivity (Wildman–Crippen MR) is 71.3 cm³/mol. The van der Waals surface area contributed by atoms with E-state index in [4.69, 9.17) is 9.47 Å². The van der Waals surface area contributed by atoms with Gasteiger partial charge in [0.1, 0.15) is 17.7 Å². The van der Waals surface area contributed by atoms with Crippen molar-refractivity contribution in [1.29, 1.82) is 0 Å². The second kappa shape index (κ2) is 5.35. The van der Waals surface area contributed by atoms with Crippen LogP contribution in [0.25, 0.3) is 0 Å². The van der Waals surface area contributed by atoms with E-state index in [9.17, 15) is 4.39 Å². The highest BCUT2D eigenvalue weighted by atomic mass is 19.1. The smallest absolute Gasteiger partial charge is 0.143 e. The highest BCUT2D eigenvalue weighted by molar-refractivity contribution is 5.60. The van der Waals surface area contributed by atoms with Crippen LogP contribution < -0.4 is 15.0 Å². The minimum atomic E-state index is -0.218. The first-order valence-electron chi connectivity index (χ1n) is 6.70. The normalized spacial score (nSPS) is 26.1. The van der Waals surface area contributed by atoms with Gasteiger partial charge in [0.05, 0.1) is 12.3 Å². The number of piperazine rings is 1. The lowest BCUT2D eigenvalue weighted by Gasteiger charge is -2.37. The third kappa shape index (κ3) is 2.53. The summed E-state index contributed by atoms with van der Waals surface area (Å²) < 4.78 is 24.7. The van der Waals surface area contributed by atoms with Crippen molar-refractivity contribution in [2.45, 2.75) is 18.6 Å². The lowest BCUT2D eigenvalue weighted by molar-refractivity contribution is 0.0745. The zero-order valence-electron chi connectivity index (χ0n) is 11.1. The van der Waals surface area contributed by atoms with Crippen molar-refractivity contribution in [2.75, 3.05) is 38.3 Å². The molecule has 0 spiro atoms. The Morgan fingerprint density at radius 2 is 2.42 bits per heavy atom. The number of rotatable bonds is 2. The molecule has 0 aliphatic carbocycles. The summed E-state index contributed by atoms with van der Waals surface area (Å²) in [6, 6.07) is 5.07. The Balaban J connectivity index is 1.96. The van der Waals surface area contributed by atoms with E-state index in [1.54, 1.807) is 19.2 Å². The van der Waals surface area contributed by atoms with E-state index in [0.717, 1.165) is 37.5 Å². The Bertz CT molecular complexity index is 455. The van der Waals surface area contributed by atoms with Crippen LogP contribution in [-0.4, -0.2) is 45.5 Å². The number of hydrogen-bond acceptors (Lipinski definition) is 4. The summed E-state index contributed by atoms with van der Waals surface area (Å²) in [5, 5.41) is 3.39. The maximum atomic E-state index is 13.5. The third-order valence-electron chi connectivity index (χ3n) is 3.76. The summed E-state index contributed by atoms with van der Waals surface area (Å²) in [5.74, 6) is 0.540. The Hall–Kier alpha value is -1.33. The summed E-state index contributed by atoms with van der Waals surface area (Å²) in [6.07, 6.45) is 0.904. The Kier molecular flexibility index (Phi) is 3.57. The zero-order chi connectivity index (χ0) is 13.2. The summed E-state index contributed by atoms with van der Waals surface area (Å²) >= 11 is 0. The summed E-state index contributed by atoms with van der Waals surface area (Å²) in [7, 11) is 1.68. The SMILES string of the molecule is COC[C@@H]1C[C@@H]2CNCCN2c2cc(F)ccc2O1. The maximum Gasteiger partial charge on any atom is 0.143 e. The van der Waals surface area contributed by atoms with Gasteiger partial charge >= 0.3 is 0 Å². The average Bonchev–Trinajstić information content (AvgIpc) is 2.56. The van der Waals surface area contributed by atoms with Crippen LogP contribution >= 0.6 is 0 Å². The van der Waals surface area contributed by atoms with Gasteiger partial charge in [-0.1, -0.05) is 0 Å². The number of halogens is 1. The summed E-state index contributed by atoms with van der Waals surface area (Å²) in [4.78, 5) is 2.25. The van der Waals surface area contributed by atoms with Crippen LogP contribution in [0.2, 0.25) is 0 Å². The number of nitrogens with one attached hydrogen (secondary N) is 1. The summed E-state index contributed by atoms with van der Waals surface area (Å²) in [6.45, 7) is 3.26. The number of benzene rings is 1. The molecule has 0 amide bonds. The first-order chi connectivity index (χ1) is 9.28. The van der Waals surface area contributed by atoms with Crippen LogP contribution in [0, 0.1) is 5.82 Å². The van der Waals surface area contributed by atoms with Crippen molar-refractivity contribution >= 4 is 5.69 Å². The molecule has 2 atom stereocenters. The van der Waals surface area contributed by atoms with Gasteiger partial charge in [0.15, 0.2) is 0 Å². The highest BCUT2D eigenvalue weighted by Gasteiger charge is 2.32. The van der Waals surface area contributed by atoms with Gasteiger partial charge in [0, 0.05) is 45.3 Å². The molecule has 3 rings (SSSR count). The van der Waals surface area contributed by atoms with Crippen molar-refractivity contribution in [1.82, 2.24) is 5.32 Å². The van der Waals surface area contributed by atoms with Crippen molar-refractivity contribution < 1.29 is 13.9 Å². The highest BCUT2D eigenvalue weighted by Crippen LogP contribution is 2.36. The first kappa shape index (κ1) is 12.7. The molecule has 0 saturated carbocycles. The standard InChI is InChI=1S/C14H19FN2O2/c1-18-9-12-7-11-8-16-4-5-17(11)13-6-10(15)2-3-14(13)19-12/h2-3,6,11-12,16H,4-5,7-9H2,1H3/t11-,12+/m1/s1. The van der Waals surface area contributed by atoms with Gasteiger partial charge < -0.3 is 19.7 Å². The molecule has 0 radical (unpaired) electrons. The van der Waals surface area contributed by atoms with Crippen LogP contribution in [0.4, 0.5) is 10.1 Å². The molecule has 5 heteroatoms. The number of fused-ring (bicyclic) bond motifs is 3. The van der Waals surface area contributed by atoms with Gasteiger partial charge in [0.25, 0.3) is 0 Å². The molecule has 0 bridgehead atoms. The maximum absolute atomic E-state index is 13.5. The van der Waals surface area contributed by atoms with Crippen LogP contribution in [0.3, 0.4) is 0 Å². The van der Waals surface area contributed by atoms with Crippen molar-refractivity contribution in [3.63, 3.8) is 0 Å². The van der Waals surface area contributed by atoms with Crippen molar-refractivity contribution in [3.05, 3.63) is 24.0 Å². The minimum Gasteiger partial charge on any atom is -0.486 e. The Morgan fingerprint density at radius 1 is 1.53 bits per heavy atom. The molecule has 1 fully saturated rings. The van der Waals surface area contributed by atoms with E-state index < -0.39 is 0 Å². The molecule has 2 heterocycles. The summed E-state index contributed by atoms with van der Waals surface area (Å²) in [5.41, 5.74) is 0.866. The average molecular weight is 266 g/mol. The fourth-order valence-electron chi connectivity index (χ4n) is 2.92. The van der Waals surface area contributed by atoms with Gasteiger partial charge in [0.2, 0.25) is 0 Å². The second-order valence-electron chi connectivity index (χ2n) is 5.09. The van der Waals surface area contributed by atoms with Crippen LogP contribution in [0.5, 0.6) is 5.75 Å². The topological polar surface area (TPSA) is 33.7 Å². The lowest BCUT2D eigenvalue weighted by atomic mass is 10.1. The van der Waals surface area contributed by atoms with Gasteiger partial charge in [-0.2, -0.15) is 0 Å². The molecular weight excluding hydrogens is 247 g/mol. The van der Waals surface area contributed by atoms with Crippen LogP contribution in [0.1, 0.15) is 6.42 Å². The van der Waals surface area contributed by atoms with Gasteiger partial charge in [-0.3, -0.25) is 0 Å². The first-order valence-corrected chi connectivity index (χ1v) is 6.70. The predicted octanol–water partition coefficient (Wildman–Crippen LogP) is 1.40. The molecule has 104 valence electrons. The molecule has 19 heavy (non-hydrogen) atoms. The number of methoxy groups -OCH3 is 1. The van der Waals surface area contributed by atoms with Gasteiger partial charge in [-0.05, 0) is 12.1 Å². The quantitative estimate of drug-likeness (QED) is 0.877. The number of ether oxygens (including phenoxy) is 2. The van der Waals surface area contributed by atoms with E-state index >= 15 is 0 Å². The monoisotopic (exact) mass is 266 g/mol. The second-order valence-corrected chi connectivity index (χ2v) is 5.09. The van der Waals surface area contributed by atoms with E-state index in [1.165, 1.54) is 6.07 Å². The fraction of sp³-hybridized carbons (Fsp3) is 0.571. The van der Waals surface area contributed by atoms with Crippen LogP contribution in [0.15, 0.2) is 18.2 Å². The number of anilines is 1. The number of nitrogens with zero attached hydrogens (tertiary/aromatic N) is 1. The third-order valence-corrected chi connectivity index (χ3v) is 3.76.